The lowest BCUT2D eigenvalue weighted by molar-refractivity contribution is 0.0957. The van der Waals surface area contributed by atoms with Crippen molar-refractivity contribution in [3.05, 3.63) is 28.5 Å². The molecule has 1 aromatic heterocycles. The maximum Gasteiger partial charge on any atom is 0.178 e. The van der Waals surface area contributed by atoms with E-state index in [4.69, 9.17) is 0 Å². The van der Waals surface area contributed by atoms with Gasteiger partial charge in [0.15, 0.2) is 5.78 Å². The molecule has 4 heteroatoms. The van der Waals surface area contributed by atoms with Crippen molar-refractivity contribution < 1.29 is 4.79 Å². The summed E-state index contributed by atoms with van der Waals surface area (Å²) in [6, 6.07) is 3.53. The van der Waals surface area contributed by atoms with Crippen LogP contribution in [0.4, 0.5) is 0 Å². The first kappa shape index (κ1) is 10.3. The second-order valence-electron chi connectivity index (χ2n) is 3.03. The van der Waals surface area contributed by atoms with Crippen LogP contribution in [0, 0.1) is 0 Å². The Hall–Kier alpha value is -0.740. The van der Waals surface area contributed by atoms with Crippen molar-refractivity contribution in [3.8, 4) is 0 Å². The van der Waals surface area contributed by atoms with Crippen LogP contribution in [0.1, 0.15) is 10.4 Å². The van der Waals surface area contributed by atoms with Gasteiger partial charge in [0.25, 0.3) is 0 Å². The third kappa shape index (κ3) is 3.24. The van der Waals surface area contributed by atoms with Crippen LogP contribution in [0.5, 0.6) is 0 Å². The van der Waals surface area contributed by atoms with Crippen molar-refractivity contribution >= 4 is 21.7 Å². The van der Waals surface area contributed by atoms with E-state index in [0.29, 0.717) is 12.1 Å². The zero-order valence-electron chi connectivity index (χ0n) is 7.62. The molecule has 3 nitrogen and oxygen atoms in total. The van der Waals surface area contributed by atoms with Gasteiger partial charge in [-0.05, 0) is 42.2 Å². The van der Waals surface area contributed by atoms with Crippen molar-refractivity contribution in [1.29, 1.82) is 0 Å². The lowest BCUT2D eigenvalue weighted by atomic mass is 10.2. The summed E-state index contributed by atoms with van der Waals surface area (Å²) in [5.41, 5.74) is 0.650. The lowest BCUT2D eigenvalue weighted by Gasteiger charge is -2.07. The van der Waals surface area contributed by atoms with Crippen molar-refractivity contribution in [1.82, 2.24) is 9.88 Å². The third-order valence-corrected chi connectivity index (χ3v) is 1.98. The number of carbonyl (C=O) groups excluding carboxylic acids is 1. The molecule has 0 amide bonds. The van der Waals surface area contributed by atoms with Crippen LogP contribution < -0.4 is 0 Å². The number of rotatable bonds is 3. The molecule has 0 unspecified atom stereocenters. The number of aromatic nitrogens is 1. The number of hydrogen-bond donors (Lipinski definition) is 0. The van der Waals surface area contributed by atoms with Gasteiger partial charge in [0.05, 0.1) is 6.54 Å². The van der Waals surface area contributed by atoms with E-state index >= 15 is 0 Å². The largest absolute Gasteiger partial charge is 0.302 e. The van der Waals surface area contributed by atoms with Crippen LogP contribution in [-0.4, -0.2) is 36.3 Å². The van der Waals surface area contributed by atoms with E-state index in [2.05, 4.69) is 20.9 Å². The number of carbonyl (C=O) groups is 1. The highest BCUT2D eigenvalue weighted by molar-refractivity contribution is 9.10. The van der Waals surface area contributed by atoms with Crippen LogP contribution in [-0.2, 0) is 0 Å². The van der Waals surface area contributed by atoms with E-state index in [1.54, 1.807) is 18.3 Å². The fraction of sp³-hybridized carbons (Fsp3) is 0.333. The van der Waals surface area contributed by atoms with Crippen molar-refractivity contribution in [2.75, 3.05) is 20.6 Å². The van der Waals surface area contributed by atoms with Gasteiger partial charge >= 0.3 is 0 Å². The highest BCUT2D eigenvalue weighted by Gasteiger charge is 2.06. The highest BCUT2D eigenvalue weighted by atomic mass is 79.9. The Morgan fingerprint density at radius 1 is 1.54 bits per heavy atom. The minimum atomic E-state index is 0.0880. The monoisotopic (exact) mass is 242 g/mol. The summed E-state index contributed by atoms with van der Waals surface area (Å²) in [4.78, 5) is 17.3. The number of halogens is 1. The van der Waals surface area contributed by atoms with Crippen LogP contribution >= 0.6 is 15.9 Å². The molecule has 1 heterocycles. The van der Waals surface area contributed by atoms with Crippen molar-refractivity contribution in [2.24, 2.45) is 0 Å². The molecule has 0 N–H and O–H groups in total. The van der Waals surface area contributed by atoms with Crippen molar-refractivity contribution in [3.63, 3.8) is 0 Å². The Labute approximate surface area is 85.9 Å². The van der Waals surface area contributed by atoms with E-state index < -0.39 is 0 Å². The second-order valence-corrected chi connectivity index (χ2v) is 3.84. The van der Waals surface area contributed by atoms with Crippen LogP contribution in [0.3, 0.4) is 0 Å². The molecule has 0 bridgehead atoms. The predicted molar refractivity (Wildman–Crippen MR) is 54.8 cm³/mol. The number of nitrogens with zero attached hydrogens (tertiary/aromatic N) is 2. The molecule has 0 saturated carbocycles. The fourth-order valence-corrected chi connectivity index (χ4v) is 1.15. The maximum atomic E-state index is 11.5. The Morgan fingerprint density at radius 2 is 2.23 bits per heavy atom. The molecule has 0 saturated heterocycles. The fourth-order valence-electron chi connectivity index (χ4n) is 0.919. The first-order valence-electron chi connectivity index (χ1n) is 3.89. The number of pyridine rings is 1. The van der Waals surface area contributed by atoms with Gasteiger partial charge < -0.3 is 4.90 Å². The van der Waals surface area contributed by atoms with Gasteiger partial charge in [-0.2, -0.15) is 0 Å². The topological polar surface area (TPSA) is 33.2 Å². The van der Waals surface area contributed by atoms with Crippen LogP contribution in [0.2, 0.25) is 0 Å². The quantitative estimate of drug-likeness (QED) is 0.597. The molecule has 0 aliphatic heterocycles. The van der Waals surface area contributed by atoms with E-state index in [-0.39, 0.29) is 5.78 Å². The summed E-state index contributed by atoms with van der Waals surface area (Å²) >= 11 is 3.21. The van der Waals surface area contributed by atoms with Gasteiger partial charge in [-0.25, -0.2) is 4.98 Å². The van der Waals surface area contributed by atoms with Gasteiger partial charge in [0.2, 0.25) is 0 Å². The van der Waals surface area contributed by atoms with Crippen molar-refractivity contribution in [2.45, 2.75) is 0 Å². The first-order chi connectivity index (χ1) is 6.09. The molecule has 0 radical (unpaired) electrons. The predicted octanol–water partition coefficient (Wildman–Crippen LogP) is 1.59. The summed E-state index contributed by atoms with van der Waals surface area (Å²) in [6.07, 6.45) is 1.58. The van der Waals surface area contributed by atoms with E-state index in [9.17, 15) is 4.79 Å². The standard InChI is InChI=1S/C9H11BrN2O/c1-12(2)6-8(13)7-3-4-9(10)11-5-7/h3-5H,6H2,1-2H3. The zero-order chi connectivity index (χ0) is 9.84. The zero-order valence-corrected chi connectivity index (χ0v) is 9.21. The molecule has 0 aromatic carbocycles. The Morgan fingerprint density at radius 3 is 2.69 bits per heavy atom. The van der Waals surface area contributed by atoms with Gasteiger partial charge in [-0.15, -0.1) is 0 Å². The Kier molecular flexibility index (Phi) is 3.57. The summed E-state index contributed by atoms with van der Waals surface area (Å²) in [5, 5.41) is 0. The molecule has 1 rings (SSSR count). The molecule has 0 atom stereocenters. The minimum Gasteiger partial charge on any atom is -0.302 e. The normalized spacial score (nSPS) is 10.5. The average molecular weight is 243 g/mol. The molecule has 13 heavy (non-hydrogen) atoms. The number of Topliss-reactive ketones (excluding diaryl/α,β-unsaturated/α-hetero) is 1. The molecule has 1 aromatic rings. The SMILES string of the molecule is CN(C)CC(=O)c1ccc(Br)nc1. The average Bonchev–Trinajstić information content (AvgIpc) is 2.04. The highest BCUT2D eigenvalue weighted by Crippen LogP contribution is 2.06. The van der Waals surface area contributed by atoms with Gasteiger partial charge in [-0.1, -0.05) is 0 Å². The van der Waals surface area contributed by atoms with E-state index in [1.807, 2.05) is 19.0 Å². The summed E-state index contributed by atoms with van der Waals surface area (Å²) in [6.45, 7) is 0.420. The molecule has 70 valence electrons. The minimum absolute atomic E-state index is 0.0880. The number of ketones is 1. The first-order valence-corrected chi connectivity index (χ1v) is 4.68. The Bertz CT molecular complexity index is 295. The summed E-state index contributed by atoms with van der Waals surface area (Å²) < 4.78 is 0.744. The second kappa shape index (κ2) is 4.48. The van der Waals surface area contributed by atoms with Gasteiger partial charge in [0.1, 0.15) is 4.60 Å². The molecular formula is C9H11BrN2O. The third-order valence-electron chi connectivity index (χ3n) is 1.51. The molecule has 0 fully saturated rings. The van der Waals surface area contributed by atoms with Gasteiger partial charge in [0, 0.05) is 11.8 Å². The molecule has 0 aliphatic carbocycles. The molecular weight excluding hydrogens is 232 g/mol. The van der Waals surface area contributed by atoms with E-state index in [0.717, 1.165) is 4.60 Å². The van der Waals surface area contributed by atoms with Crippen LogP contribution in [0.15, 0.2) is 22.9 Å². The summed E-state index contributed by atoms with van der Waals surface area (Å²) in [5.74, 6) is 0.0880. The molecule has 0 aliphatic rings. The maximum absolute atomic E-state index is 11.5. The molecule has 0 spiro atoms. The number of likely N-dealkylation sites (N-methyl/N-ethyl adjacent to an activating group) is 1. The lowest BCUT2D eigenvalue weighted by Crippen LogP contribution is -2.21. The Balaban J connectivity index is 2.72. The van der Waals surface area contributed by atoms with Crippen LogP contribution in [0.25, 0.3) is 0 Å². The number of hydrogen-bond acceptors (Lipinski definition) is 3. The smallest absolute Gasteiger partial charge is 0.178 e. The van der Waals surface area contributed by atoms with Gasteiger partial charge in [-0.3, -0.25) is 4.79 Å². The summed E-state index contributed by atoms with van der Waals surface area (Å²) in [7, 11) is 3.73. The van der Waals surface area contributed by atoms with E-state index in [1.165, 1.54) is 0 Å².